The molecule has 22 heavy (non-hydrogen) atoms. The number of aliphatic hydroxyl groups is 1. The molecule has 122 valence electrons. The third kappa shape index (κ3) is 3.25. The molecule has 1 N–H and O–H groups in total. The maximum atomic E-state index is 9.68. The molecule has 3 rings (SSSR count). The Bertz CT molecular complexity index is 485. The molecule has 0 spiro atoms. The molecule has 5 nitrogen and oxygen atoms in total. The zero-order chi connectivity index (χ0) is 15.4. The minimum Gasteiger partial charge on any atom is -0.393 e. The second-order valence-corrected chi connectivity index (χ2v) is 6.71. The van der Waals surface area contributed by atoms with Crippen LogP contribution in [0.25, 0.3) is 0 Å². The van der Waals surface area contributed by atoms with Crippen LogP contribution in [-0.2, 0) is 4.74 Å². The highest BCUT2D eigenvalue weighted by Crippen LogP contribution is 2.33. The van der Waals surface area contributed by atoms with Crippen LogP contribution in [-0.4, -0.2) is 47.5 Å². The SMILES string of the molecule is COC1(CO)CCCN(c2cc(C3CCCCC3)ncn2)C1. The van der Waals surface area contributed by atoms with Crippen LogP contribution in [0, 0.1) is 0 Å². The average Bonchev–Trinajstić information content (AvgIpc) is 2.62. The van der Waals surface area contributed by atoms with Gasteiger partial charge in [0.25, 0.3) is 0 Å². The van der Waals surface area contributed by atoms with Crippen molar-refractivity contribution in [2.75, 3.05) is 31.7 Å². The lowest BCUT2D eigenvalue weighted by atomic mass is 9.86. The predicted octanol–water partition coefficient (Wildman–Crippen LogP) is 2.50. The van der Waals surface area contributed by atoms with Crippen molar-refractivity contribution >= 4 is 5.82 Å². The lowest BCUT2D eigenvalue weighted by molar-refractivity contribution is -0.0595. The molecular weight excluding hydrogens is 278 g/mol. The van der Waals surface area contributed by atoms with Crippen LogP contribution >= 0.6 is 0 Å². The number of rotatable bonds is 4. The van der Waals surface area contributed by atoms with E-state index in [9.17, 15) is 5.11 Å². The van der Waals surface area contributed by atoms with Crippen molar-refractivity contribution in [2.45, 2.75) is 56.5 Å². The fourth-order valence-corrected chi connectivity index (χ4v) is 3.81. The Morgan fingerprint density at radius 2 is 2.09 bits per heavy atom. The van der Waals surface area contributed by atoms with Crippen molar-refractivity contribution < 1.29 is 9.84 Å². The van der Waals surface area contributed by atoms with Crippen molar-refractivity contribution in [2.24, 2.45) is 0 Å². The second kappa shape index (κ2) is 6.92. The van der Waals surface area contributed by atoms with Crippen molar-refractivity contribution in [1.29, 1.82) is 0 Å². The van der Waals surface area contributed by atoms with Crippen LogP contribution in [0.4, 0.5) is 5.82 Å². The van der Waals surface area contributed by atoms with Crippen molar-refractivity contribution in [3.63, 3.8) is 0 Å². The molecule has 1 atom stereocenters. The summed E-state index contributed by atoms with van der Waals surface area (Å²) >= 11 is 0. The lowest BCUT2D eigenvalue weighted by Crippen LogP contribution is -2.52. The van der Waals surface area contributed by atoms with Crippen molar-refractivity contribution in [1.82, 2.24) is 9.97 Å². The number of hydrogen-bond donors (Lipinski definition) is 1. The Labute approximate surface area is 132 Å². The zero-order valence-electron chi connectivity index (χ0n) is 13.5. The molecule has 2 aliphatic rings. The van der Waals surface area contributed by atoms with E-state index in [0.29, 0.717) is 12.5 Å². The molecule has 1 aliphatic carbocycles. The Morgan fingerprint density at radius 3 is 2.82 bits per heavy atom. The van der Waals surface area contributed by atoms with E-state index < -0.39 is 5.60 Å². The molecule has 1 aromatic rings. The molecule has 1 saturated heterocycles. The fourth-order valence-electron chi connectivity index (χ4n) is 3.81. The van der Waals surface area contributed by atoms with Gasteiger partial charge in [0.1, 0.15) is 17.7 Å². The van der Waals surface area contributed by atoms with Gasteiger partial charge in [-0.15, -0.1) is 0 Å². The van der Waals surface area contributed by atoms with Gasteiger partial charge in [-0.3, -0.25) is 0 Å². The van der Waals surface area contributed by atoms with E-state index in [4.69, 9.17) is 4.74 Å². The van der Waals surface area contributed by atoms with Crippen LogP contribution in [0.3, 0.4) is 0 Å². The molecule has 1 aliphatic heterocycles. The van der Waals surface area contributed by atoms with Crippen LogP contribution in [0.1, 0.15) is 56.6 Å². The van der Waals surface area contributed by atoms with Crippen molar-refractivity contribution in [3.8, 4) is 0 Å². The van der Waals surface area contributed by atoms with Gasteiger partial charge in [0.15, 0.2) is 0 Å². The van der Waals surface area contributed by atoms with Crippen LogP contribution in [0.15, 0.2) is 12.4 Å². The van der Waals surface area contributed by atoms with E-state index in [1.807, 2.05) is 0 Å². The normalized spacial score (nSPS) is 27.1. The summed E-state index contributed by atoms with van der Waals surface area (Å²) in [5.41, 5.74) is 0.732. The van der Waals surface area contributed by atoms with E-state index >= 15 is 0 Å². The van der Waals surface area contributed by atoms with Crippen molar-refractivity contribution in [3.05, 3.63) is 18.1 Å². The summed E-state index contributed by atoms with van der Waals surface area (Å²) in [6.07, 6.45) is 10.1. The van der Waals surface area contributed by atoms with Gasteiger partial charge in [-0.1, -0.05) is 19.3 Å². The third-order valence-electron chi connectivity index (χ3n) is 5.28. The topological polar surface area (TPSA) is 58.5 Å². The number of anilines is 1. The molecular formula is C17H27N3O2. The molecule has 2 fully saturated rings. The highest BCUT2D eigenvalue weighted by Gasteiger charge is 2.35. The first-order chi connectivity index (χ1) is 10.8. The quantitative estimate of drug-likeness (QED) is 0.926. The summed E-state index contributed by atoms with van der Waals surface area (Å²) < 4.78 is 5.59. The number of aromatic nitrogens is 2. The first kappa shape index (κ1) is 15.7. The predicted molar refractivity (Wildman–Crippen MR) is 86.1 cm³/mol. The Balaban J connectivity index is 1.76. The number of nitrogens with zero attached hydrogens (tertiary/aromatic N) is 3. The molecule has 0 amide bonds. The maximum Gasteiger partial charge on any atom is 0.132 e. The molecule has 1 aromatic heterocycles. The van der Waals surface area contributed by atoms with E-state index in [0.717, 1.165) is 25.2 Å². The number of ether oxygens (including phenoxy) is 1. The number of methoxy groups -OCH3 is 1. The minimum absolute atomic E-state index is 0.0561. The van der Waals surface area contributed by atoms with E-state index in [1.54, 1.807) is 13.4 Å². The summed E-state index contributed by atoms with van der Waals surface area (Å²) in [6.45, 7) is 1.72. The lowest BCUT2D eigenvalue weighted by Gasteiger charge is -2.41. The van der Waals surface area contributed by atoms with Gasteiger partial charge >= 0.3 is 0 Å². The van der Waals surface area contributed by atoms with Gasteiger partial charge in [-0.05, 0) is 25.7 Å². The largest absolute Gasteiger partial charge is 0.393 e. The van der Waals surface area contributed by atoms with Crippen LogP contribution in [0.5, 0.6) is 0 Å². The van der Waals surface area contributed by atoms with Gasteiger partial charge in [0, 0.05) is 31.3 Å². The van der Waals surface area contributed by atoms with Gasteiger partial charge in [0.2, 0.25) is 0 Å². The van der Waals surface area contributed by atoms with Gasteiger partial charge in [-0.2, -0.15) is 0 Å². The molecule has 1 unspecified atom stereocenters. The second-order valence-electron chi connectivity index (χ2n) is 6.71. The van der Waals surface area contributed by atoms with Gasteiger partial charge < -0.3 is 14.7 Å². The molecule has 0 bridgehead atoms. The summed E-state index contributed by atoms with van der Waals surface area (Å²) in [5, 5.41) is 9.68. The van der Waals surface area contributed by atoms with E-state index in [2.05, 4.69) is 20.9 Å². The maximum absolute atomic E-state index is 9.68. The smallest absolute Gasteiger partial charge is 0.132 e. The standard InChI is InChI=1S/C17H27N3O2/c1-22-17(12-21)8-5-9-20(11-17)16-10-15(18-13-19-16)14-6-3-2-4-7-14/h10,13-14,21H,2-9,11-12H2,1H3. The summed E-state index contributed by atoms with van der Waals surface area (Å²) in [7, 11) is 1.69. The van der Waals surface area contributed by atoms with E-state index in [1.165, 1.54) is 37.8 Å². The van der Waals surface area contributed by atoms with Crippen LogP contribution in [0.2, 0.25) is 0 Å². The summed E-state index contributed by atoms with van der Waals surface area (Å²) in [4.78, 5) is 11.2. The Hall–Kier alpha value is -1.20. The van der Waals surface area contributed by atoms with E-state index in [-0.39, 0.29) is 6.61 Å². The third-order valence-corrected chi connectivity index (χ3v) is 5.28. The highest BCUT2D eigenvalue weighted by atomic mass is 16.5. The summed E-state index contributed by atoms with van der Waals surface area (Å²) in [6, 6.07) is 2.15. The Morgan fingerprint density at radius 1 is 1.27 bits per heavy atom. The zero-order valence-corrected chi connectivity index (χ0v) is 13.5. The summed E-state index contributed by atoms with van der Waals surface area (Å²) in [5.74, 6) is 1.57. The first-order valence-electron chi connectivity index (χ1n) is 8.49. The fraction of sp³-hybridized carbons (Fsp3) is 0.765. The molecule has 0 aromatic carbocycles. The Kier molecular flexibility index (Phi) is 4.93. The molecule has 2 heterocycles. The highest BCUT2D eigenvalue weighted by molar-refractivity contribution is 5.41. The number of piperidine rings is 1. The monoisotopic (exact) mass is 305 g/mol. The number of hydrogen-bond acceptors (Lipinski definition) is 5. The first-order valence-corrected chi connectivity index (χ1v) is 8.49. The van der Waals surface area contributed by atoms with Gasteiger partial charge in [0.05, 0.1) is 13.2 Å². The number of aliphatic hydroxyl groups excluding tert-OH is 1. The van der Waals surface area contributed by atoms with Crippen LogP contribution < -0.4 is 4.90 Å². The molecule has 5 heteroatoms. The molecule has 1 saturated carbocycles. The average molecular weight is 305 g/mol. The minimum atomic E-state index is -0.450. The van der Waals surface area contributed by atoms with Gasteiger partial charge in [-0.25, -0.2) is 9.97 Å². The molecule has 0 radical (unpaired) electrons.